The molecular formula is C20H29FN2O2. The maximum absolute atomic E-state index is 13.4. The molecule has 0 aromatic heterocycles. The summed E-state index contributed by atoms with van der Waals surface area (Å²) < 4.78 is 18.6. The van der Waals surface area contributed by atoms with Crippen molar-refractivity contribution in [2.24, 2.45) is 5.92 Å². The molecule has 4 nitrogen and oxygen atoms in total. The maximum atomic E-state index is 13.4. The van der Waals surface area contributed by atoms with Crippen LogP contribution in [0.25, 0.3) is 0 Å². The highest BCUT2D eigenvalue weighted by molar-refractivity contribution is 5.94. The van der Waals surface area contributed by atoms with Crippen molar-refractivity contribution in [1.82, 2.24) is 9.80 Å². The van der Waals surface area contributed by atoms with Crippen LogP contribution in [-0.2, 0) is 4.74 Å². The van der Waals surface area contributed by atoms with Gasteiger partial charge in [0.15, 0.2) is 0 Å². The highest BCUT2D eigenvalue weighted by Crippen LogP contribution is 2.30. The SMILES string of the molecule is COCCN1CCCC[C@H]1C1CCN(C(=O)c2cccc(F)c2)CC1. The number of ether oxygens (including phenoxy) is 1. The Morgan fingerprint density at radius 1 is 1.20 bits per heavy atom. The Bertz CT molecular complexity index is 573. The van der Waals surface area contributed by atoms with Crippen molar-refractivity contribution < 1.29 is 13.9 Å². The van der Waals surface area contributed by atoms with Crippen molar-refractivity contribution in [3.05, 3.63) is 35.6 Å². The van der Waals surface area contributed by atoms with Gasteiger partial charge >= 0.3 is 0 Å². The number of hydrogen-bond acceptors (Lipinski definition) is 3. The molecule has 1 atom stereocenters. The molecule has 0 radical (unpaired) electrons. The van der Waals surface area contributed by atoms with Gasteiger partial charge in [0.2, 0.25) is 0 Å². The molecular weight excluding hydrogens is 319 g/mol. The fraction of sp³-hybridized carbons (Fsp3) is 0.650. The van der Waals surface area contributed by atoms with Gasteiger partial charge in [0.1, 0.15) is 5.82 Å². The van der Waals surface area contributed by atoms with Crippen LogP contribution in [0.5, 0.6) is 0 Å². The number of amides is 1. The smallest absolute Gasteiger partial charge is 0.253 e. The Balaban J connectivity index is 1.56. The number of likely N-dealkylation sites (tertiary alicyclic amines) is 2. The molecule has 2 aliphatic rings. The summed E-state index contributed by atoms with van der Waals surface area (Å²) in [4.78, 5) is 17.0. The second kappa shape index (κ2) is 8.77. The van der Waals surface area contributed by atoms with E-state index >= 15 is 0 Å². The zero-order valence-corrected chi connectivity index (χ0v) is 15.1. The summed E-state index contributed by atoms with van der Waals surface area (Å²) in [5, 5.41) is 0. The van der Waals surface area contributed by atoms with Gasteiger partial charge in [0.05, 0.1) is 6.61 Å². The first-order chi connectivity index (χ1) is 12.2. The molecule has 2 saturated heterocycles. The van der Waals surface area contributed by atoms with E-state index in [1.807, 2.05) is 4.90 Å². The number of rotatable bonds is 5. The van der Waals surface area contributed by atoms with E-state index in [2.05, 4.69) is 4.90 Å². The number of nitrogens with zero attached hydrogens (tertiary/aromatic N) is 2. The van der Waals surface area contributed by atoms with E-state index < -0.39 is 0 Å². The van der Waals surface area contributed by atoms with Gasteiger partial charge < -0.3 is 9.64 Å². The van der Waals surface area contributed by atoms with Crippen LogP contribution >= 0.6 is 0 Å². The predicted octanol–water partition coefficient (Wildman–Crippen LogP) is 3.18. The fourth-order valence-electron chi connectivity index (χ4n) is 4.33. The van der Waals surface area contributed by atoms with Crippen molar-refractivity contribution in [3.8, 4) is 0 Å². The number of carbonyl (C=O) groups is 1. The van der Waals surface area contributed by atoms with Crippen LogP contribution in [0.1, 0.15) is 42.5 Å². The third kappa shape index (κ3) is 4.59. The summed E-state index contributed by atoms with van der Waals surface area (Å²) in [6, 6.07) is 6.63. The van der Waals surface area contributed by atoms with Gasteiger partial charge in [-0.2, -0.15) is 0 Å². The summed E-state index contributed by atoms with van der Waals surface area (Å²) in [7, 11) is 1.76. The highest BCUT2D eigenvalue weighted by Gasteiger charge is 2.33. The van der Waals surface area contributed by atoms with E-state index in [1.165, 1.54) is 31.4 Å². The lowest BCUT2D eigenvalue weighted by molar-refractivity contribution is 0.0374. The molecule has 0 aliphatic carbocycles. The number of carbonyl (C=O) groups excluding carboxylic acids is 1. The third-order valence-corrected chi connectivity index (χ3v) is 5.69. The van der Waals surface area contributed by atoms with Gasteiger partial charge in [-0.25, -0.2) is 4.39 Å². The van der Waals surface area contributed by atoms with Crippen LogP contribution in [0.15, 0.2) is 24.3 Å². The Hall–Kier alpha value is -1.46. The summed E-state index contributed by atoms with van der Waals surface area (Å²) >= 11 is 0. The largest absolute Gasteiger partial charge is 0.383 e. The molecule has 2 heterocycles. The quantitative estimate of drug-likeness (QED) is 0.819. The topological polar surface area (TPSA) is 32.8 Å². The predicted molar refractivity (Wildman–Crippen MR) is 96.1 cm³/mol. The first-order valence-corrected chi connectivity index (χ1v) is 9.47. The van der Waals surface area contributed by atoms with Crippen LogP contribution in [-0.4, -0.2) is 61.6 Å². The van der Waals surface area contributed by atoms with Crippen LogP contribution in [0.4, 0.5) is 4.39 Å². The van der Waals surface area contributed by atoms with Crippen molar-refractivity contribution in [2.45, 2.75) is 38.1 Å². The lowest BCUT2D eigenvalue weighted by Gasteiger charge is -2.43. The van der Waals surface area contributed by atoms with Gasteiger partial charge in [-0.05, 0) is 56.3 Å². The van der Waals surface area contributed by atoms with Crippen LogP contribution < -0.4 is 0 Å². The first-order valence-electron chi connectivity index (χ1n) is 9.47. The molecule has 1 amide bonds. The average Bonchev–Trinajstić information content (AvgIpc) is 2.66. The number of benzene rings is 1. The molecule has 2 fully saturated rings. The van der Waals surface area contributed by atoms with E-state index in [9.17, 15) is 9.18 Å². The van der Waals surface area contributed by atoms with E-state index in [0.717, 1.165) is 45.6 Å². The van der Waals surface area contributed by atoms with Crippen LogP contribution in [0, 0.1) is 11.7 Å². The fourth-order valence-corrected chi connectivity index (χ4v) is 4.33. The molecule has 25 heavy (non-hydrogen) atoms. The molecule has 5 heteroatoms. The summed E-state index contributed by atoms with van der Waals surface area (Å²) in [5.41, 5.74) is 0.456. The molecule has 0 unspecified atom stereocenters. The molecule has 138 valence electrons. The lowest BCUT2D eigenvalue weighted by atomic mass is 9.83. The van der Waals surface area contributed by atoms with Gasteiger partial charge in [-0.1, -0.05) is 12.5 Å². The van der Waals surface area contributed by atoms with E-state index in [4.69, 9.17) is 4.74 Å². The number of methoxy groups -OCH3 is 1. The molecule has 0 N–H and O–H groups in total. The van der Waals surface area contributed by atoms with E-state index in [-0.39, 0.29) is 11.7 Å². The lowest BCUT2D eigenvalue weighted by Crippen LogP contribution is -2.49. The minimum absolute atomic E-state index is 0.0437. The monoisotopic (exact) mass is 348 g/mol. The second-order valence-corrected chi connectivity index (χ2v) is 7.23. The summed E-state index contributed by atoms with van der Waals surface area (Å²) in [6.07, 6.45) is 5.91. The molecule has 2 aliphatic heterocycles. The molecule has 0 saturated carbocycles. The first kappa shape index (κ1) is 18.3. The Morgan fingerprint density at radius 3 is 2.72 bits per heavy atom. The van der Waals surface area contributed by atoms with E-state index in [0.29, 0.717) is 17.5 Å². The van der Waals surface area contributed by atoms with E-state index in [1.54, 1.807) is 19.2 Å². The van der Waals surface area contributed by atoms with Gasteiger partial charge in [-0.3, -0.25) is 9.69 Å². The molecule has 1 aromatic carbocycles. The summed E-state index contributed by atoms with van der Waals surface area (Å²) in [6.45, 7) is 4.50. The Labute approximate surface area is 149 Å². The number of piperidine rings is 2. The van der Waals surface area contributed by atoms with Crippen LogP contribution in [0.2, 0.25) is 0 Å². The third-order valence-electron chi connectivity index (χ3n) is 5.69. The summed E-state index contributed by atoms with van der Waals surface area (Å²) in [5.74, 6) is 0.253. The number of halogens is 1. The van der Waals surface area contributed by atoms with Crippen molar-refractivity contribution >= 4 is 5.91 Å². The average molecular weight is 348 g/mol. The zero-order valence-electron chi connectivity index (χ0n) is 15.1. The zero-order chi connectivity index (χ0) is 17.6. The van der Waals surface area contributed by atoms with Crippen molar-refractivity contribution in [3.63, 3.8) is 0 Å². The standard InChI is InChI=1S/C20H29FN2O2/c1-25-14-13-22-10-3-2-7-19(22)16-8-11-23(12-9-16)20(24)17-5-4-6-18(21)15-17/h4-6,15-16,19H,2-3,7-14H2,1H3/t19-/m0/s1. The molecule has 1 aromatic rings. The minimum atomic E-state index is -0.350. The van der Waals surface area contributed by atoms with Gasteiger partial charge in [0, 0.05) is 38.3 Å². The Kier molecular flexibility index (Phi) is 6.43. The van der Waals surface area contributed by atoms with Crippen molar-refractivity contribution in [1.29, 1.82) is 0 Å². The molecule has 0 spiro atoms. The number of hydrogen-bond donors (Lipinski definition) is 0. The normalized spacial score (nSPS) is 23.0. The minimum Gasteiger partial charge on any atom is -0.383 e. The Morgan fingerprint density at radius 2 is 2.00 bits per heavy atom. The maximum Gasteiger partial charge on any atom is 0.253 e. The van der Waals surface area contributed by atoms with Crippen LogP contribution in [0.3, 0.4) is 0 Å². The van der Waals surface area contributed by atoms with Gasteiger partial charge in [-0.15, -0.1) is 0 Å². The van der Waals surface area contributed by atoms with Gasteiger partial charge in [0.25, 0.3) is 5.91 Å². The van der Waals surface area contributed by atoms with Crippen molar-refractivity contribution in [2.75, 3.05) is 39.9 Å². The molecule has 3 rings (SSSR count). The highest BCUT2D eigenvalue weighted by atomic mass is 19.1. The molecule has 0 bridgehead atoms. The second-order valence-electron chi connectivity index (χ2n) is 7.23.